The average Bonchev–Trinajstić information content (AvgIpc) is 2.02. The van der Waals surface area contributed by atoms with Gasteiger partial charge in [0.15, 0.2) is 0 Å². The summed E-state index contributed by atoms with van der Waals surface area (Å²) in [6.45, 7) is 5.34. The lowest BCUT2D eigenvalue weighted by Crippen LogP contribution is -2.28. The molecule has 0 radical (unpaired) electrons. The standard InChI is InChI=1S/C10H21NO3/c1-6(8(3)12)4-9(13)7(2)5-10(11)14/h6-9,12-13H,4-5H2,1-3H3,(H2,11,14). The van der Waals surface area contributed by atoms with Crippen LogP contribution < -0.4 is 5.73 Å². The van der Waals surface area contributed by atoms with Crippen molar-refractivity contribution >= 4 is 5.91 Å². The summed E-state index contributed by atoms with van der Waals surface area (Å²) in [6.07, 6.45) is -0.336. The van der Waals surface area contributed by atoms with Crippen molar-refractivity contribution in [1.82, 2.24) is 0 Å². The van der Waals surface area contributed by atoms with Crippen molar-refractivity contribution in [2.45, 2.75) is 45.8 Å². The molecule has 0 fully saturated rings. The minimum absolute atomic E-state index is 0.0281. The summed E-state index contributed by atoms with van der Waals surface area (Å²) in [5.74, 6) is -0.518. The smallest absolute Gasteiger partial charge is 0.217 e. The topological polar surface area (TPSA) is 83.6 Å². The Balaban J connectivity index is 3.94. The van der Waals surface area contributed by atoms with Gasteiger partial charge in [0.1, 0.15) is 0 Å². The molecule has 0 aromatic heterocycles. The Bertz CT molecular complexity index is 182. The second-order valence-corrected chi connectivity index (χ2v) is 4.17. The Labute approximate surface area is 85.1 Å². The van der Waals surface area contributed by atoms with Gasteiger partial charge in [-0.2, -0.15) is 0 Å². The molecule has 0 aromatic carbocycles. The van der Waals surface area contributed by atoms with Crippen LogP contribution in [0.25, 0.3) is 0 Å². The molecule has 14 heavy (non-hydrogen) atoms. The zero-order chi connectivity index (χ0) is 11.3. The molecule has 1 amide bonds. The first-order valence-electron chi connectivity index (χ1n) is 4.99. The summed E-state index contributed by atoms with van der Waals surface area (Å²) >= 11 is 0. The van der Waals surface area contributed by atoms with Crippen LogP contribution in [0.4, 0.5) is 0 Å². The first-order valence-corrected chi connectivity index (χ1v) is 4.99. The van der Waals surface area contributed by atoms with Crippen molar-refractivity contribution in [3.63, 3.8) is 0 Å². The van der Waals surface area contributed by atoms with E-state index in [-0.39, 0.29) is 18.3 Å². The monoisotopic (exact) mass is 203 g/mol. The van der Waals surface area contributed by atoms with E-state index in [1.165, 1.54) is 0 Å². The van der Waals surface area contributed by atoms with Crippen LogP contribution in [0.2, 0.25) is 0 Å². The van der Waals surface area contributed by atoms with Crippen LogP contribution in [0.1, 0.15) is 33.6 Å². The molecule has 0 aromatic rings. The van der Waals surface area contributed by atoms with Gasteiger partial charge in [0.05, 0.1) is 12.2 Å². The van der Waals surface area contributed by atoms with Crippen LogP contribution in [0.5, 0.6) is 0 Å². The number of hydrogen-bond donors (Lipinski definition) is 3. The highest BCUT2D eigenvalue weighted by Gasteiger charge is 2.20. The molecule has 0 heterocycles. The van der Waals surface area contributed by atoms with Gasteiger partial charge in [0.25, 0.3) is 0 Å². The van der Waals surface area contributed by atoms with Crippen molar-refractivity contribution < 1.29 is 15.0 Å². The fourth-order valence-corrected chi connectivity index (χ4v) is 1.26. The van der Waals surface area contributed by atoms with Crippen LogP contribution in [0.15, 0.2) is 0 Å². The molecule has 84 valence electrons. The lowest BCUT2D eigenvalue weighted by Gasteiger charge is -2.22. The SMILES string of the molecule is CC(O)C(C)CC(O)C(C)CC(N)=O. The second-order valence-electron chi connectivity index (χ2n) is 4.17. The third kappa shape index (κ3) is 5.19. The minimum atomic E-state index is -0.577. The summed E-state index contributed by atoms with van der Waals surface area (Å²) in [5, 5.41) is 18.9. The molecular weight excluding hydrogens is 182 g/mol. The largest absolute Gasteiger partial charge is 0.393 e. The van der Waals surface area contributed by atoms with Crippen molar-refractivity contribution in [3.8, 4) is 0 Å². The first-order chi connectivity index (χ1) is 6.34. The third-order valence-corrected chi connectivity index (χ3v) is 2.62. The Morgan fingerprint density at radius 1 is 1.21 bits per heavy atom. The molecule has 4 atom stereocenters. The summed E-state index contributed by atoms with van der Waals surface area (Å²) in [5.41, 5.74) is 5.02. The number of aliphatic hydroxyl groups is 2. The Morgan fingerprint density at radius 3 is 2.07 bits per heavy atom. The molecule has 4 heteroatoms. The normalized spacial score (nSPS) is 19.8. The maximum atomic E-state index is 10.6. The molecule has 0 aliphatic rings. The van der Waals surface area contributed by atoms with E-state index in [1.54, 1.807) is 13.8 Å². The van der Waals surface area contributed by atoms with Crippen molar-refractivity contribution in [2.24, 2.45) is 17.6 Å². The van der Waals surface area contributed by atoms with Gasteiger partial charge >= 0.3 is 0 Å². The molecule has 0 aliphatic heterocycles. The Kier molecular flexibility index (Phi) is 5.72. The van der Waals surface area contributed by atoms with Gasteiger partial charge in [-0.3, -0.25) is 4.79 Å². The van der Waals surface area contributed by atoms with E-state index >= 15 is 0 Å². The lowest BCUT2D eigenvalue weighted by molar-refractivity contribution is -0.119. The van der Waals surface area contributed by atoms with Crippen molar-refractivity contribution in [3.05, 3.63) is 0 Å². The Morgan fingerprint density at radius 2 is 1.71 bits per heavy atom. The zero-order valence-electron chi connectivity index (χ0n) is 9.10. The quantitative estimate of drug-likeness (QED) is 0.579. The van der Waals surface area contributed by atoms with Crippen LogP contribution >= 0.6 is 0 Å². The number of rotatable bonds is 6. The highest BCUT2D eigenvalue weighted by Crippen LogP contribution is 2.18. The van der Waals surface area contributed by atoms with Gasteiger partial charge in [-0.1, -0.05) is 13.8 Å². The van der Waals surface area contributed by atoms with Gasteiger partial charge < -0.3 is 15.9 Å². The maximum Gasteiger partial charge on any atom is 0.217 e. The lowest BCUT2D eigenvalue weighted by atomic mass is 9.90. The fraction of sp³-hybridized carbons (Fsp3) is 0.900. The number of nitrogens with two attached hydrogens (primary N) is 1. The molecule has 4 unspecified atom stereocenters. The number of hydrogen-bond acceptors (Lipinski definition) is 3. The molecule has 4 N–H and O–H groups in total. The van der Waals surface area contributed by atoms with Crippen molar-refractivity contribution in [1.29, 1.82) is 0 Å². The summed E-state index contributed by atoms with van der Waals surface area (Å²) in [7, 11) is 0. The highest BCUT2D eigenvalue weighted by molar-refractivity contribution is 5.73. The third-order valence-electron chi connectivity index (χ3n) is 2.62. The van der Waals surface area contributed by atoms with Crippen LogP contribution in [0, 0.1) is 11.8 Å². The van der Waals surface area contributed by atoms with E-state index in [1.807, 2.05) is 6.92 Å². The molecule has 0 saturated heterocycles. The van der Waals surface area contributed by atoms with Crippen LogP contribution in [0.3, 0.4) is 0 Å². The summed E-state index contributed by atoms with van der Waals surface area (Å²) in [4.78, 5) is 10.6. The maximum absolute atomic E-state index is 10.6. The molecule has 0 bridgehead atoms. The van der Waals surface area contributed by atoms with E-state index in [0.29, 0.717) is 6.42 Å². The fourth-order valence-electron chi connectivity index (χ4n) is 1.26. The molecular formula is C10H21NO3. The highest BCUT2D eigenvalue weighted by atomic mass is 16.3. The molecule has 0 aliphatic carbocycles. The van der Waals surface area contributed by atoms with Gasteiger partial charge in [0.2, 0.25) is 5.91 Å². The van der Waals surface area contributed by atoms with E-state index in [9.17, 15) is 15.0 Å². The second kappa shape index (κ2) is 5.98. The molecule has 0 rings (SSSR count). The van der Waals surface area contributed by atoms with E-state index in [2.05, 4.69) is 0 Å². The van der Waals surface area contributed by atoms with Crippen molar-refractivity contribution in [2.75, 3.05) is 0 Å². The predicted octanol–water partition coefficient (Wildman–Crippen LogP) is 0.266. The summed E-state index contributed by atoms with van der Waals surface area (Å²) < 4.78 is 0. The van der Waals surface area contributed by atoms with Gasteiger partial charge in [0, 0.05) is 6.42 Å². The number of carbonyl (C=O) groups excluding carboxylic acids is 1. The first kappa shape index (κ1) is 13.4. The van der Waals surface area contributed by atoms with Gasteiger partial charge in [-0.05, 0) is 25.2 Å². The number of aliphatic hydroxyl groups excluding tert-OH is 2. The predicted molar refractivity (Wildman–Crippen MR) is 54.4 cm³/mol. The van der Waals surface area contributed by atoms with Gasteiger partial charge in [-0.15, -0.1) is 0 Å². The van der Waals surface area contributed by atoms with E-state index in [0.717, 1.165) is 0 Å². The molecule has 0 spiro atoms. The number of amides is 1. The summed E-state index contributed by atoms with van der Waals surface area (Å²) in [6, 6.07) is 0. The van der Waals surface area contributed by atoms with Crippen LogP contribution in [-0.2, 0) is 4.79 Å². The molecule has 4 nitrogen and oxygen atoms in total. The average molecular weight is 203 g/mol. The number of carbonyl (C=O) groups is 1. The Hall–Kier alpha value is -0.610. The number of primary amides is 1. The zero-order valence-corrected chi connectivity index (χ0v) is 9.10. The van der Waals surface area contributed by atoms with E-state index < -0.39 is 18.1 Å². The van der Waals surface area contributed by atoms with Gasteiger partial charge in [-0.25, -0.2) is 0 Å². The van der Waals surface area contributed by atoms with Crippen LogP contribution in [-0.4, -0.2) is 28.3 Å². The molecule has 0 saturated carbocycles. The van der Waals surface area contributed by atoms with E-state index in [4.69, 9.17) is 5.73 Å². The minimum Gasteiger partial charge on any atom is -0.393 e.